The highest BCUT2D eigenvalue weighted by Gasteiger charge is 2.22. The average molecular weight is 414 g/mol. The fourth-order valence-electron chi connectivity index (χ4n) is 2.62. The largest absolute Gasteiger partial charge is 0.426 e. The molecule has 8 heteroatoms. The van der Waals surface area contributed by atoms with E-state index in [2.05, 4.69) is 5.32 Å². The van der Waals surface area contributed by atoms with Gasteiger partial charge in [-0.05, 0) is 19.1 Å². The van der Waals surface area contributed by atoms with Gasteiger partial charge in [0.15, 0.2) is 0 Å². The SMILES string of the molecule is CC(=O)Oc1ccccc1CNC(=O)C(N)C(C)OCc1ccccc1OC(C)=O. The van der Waals surface area contributed by atoms with E-state index >= 15 is 0 Å². The van der Waals surface area contributed by atoms with Crippen molar-refractivity contribution in [2.45, 2.75) is 46.1 Å². The number of benzene rings is 2. The summed E-state index contributed by atoms with van der Waals surface area (Å²) in [6, 6.07) is 13.0. The van der Waals surface area contributed by atoms with Gasteiger partial charge >= 0.3 is 11.9 Å². The van der Waals surface area contributed by atoms with Crippen LogP contribution in [0.1, 0.15) is 31.9 Å². The molecule has 0 heterocycles. The number of carbonyl (C=O) groups excluding carboxylic acids is 3. The maximum atomic E-state index is 12.4. The van der Waals surface area contributed by atoms with E-state index in [-0.39, 0.29) is 13.2 Å². The first-order chi connectivity index (χ1) is 14.3. The van der Waals surface area contributed by atoms with Crippen LogP contribution in [-0.2, 0) is 32.3 Å². The van der Waals surface area contributed by atoms with Crippen LogP contribution >= 0.6 is 0 Å². The minimum atomic E-state index is -0.924. The summed E-state index contributed by atoms with van der Waals surface area (Å²) < 4.78 is 16.0. The molecule has 0 radical (unpaired) electrons. The molecular formula is C22H26N2O6. The summed E-state index contributed by atoms with van der Waals surface area (Å²) in [5.41, 5.74) is 7.34. The Labute approximate surface area is 175 Å². The highest BCUT2D eigenvalue weighted by Crippen LogP contribution is 2.20. The van der Waals surface area contributed by atoms with E-state index < -0.39 is 30.0 Å². The van der Waals surface area contributed by atoms with Crippen LogP contribution in [0, 0.1) is 0 Å². The number of nitrogens with two attached hydrogens (primary N) is 1. The minimum absolute atomic E-state index is 0.126. The molecule has 0 aliphatic rings. The number of amides is 1. The highest BCUT2D eigenvalue weighted by atomic mass is 16.5. The minimum Gasteiger partial charge on any atom is -0.426 e. The second kappa shape index (κ2) is 11.1. The first-order valence-corrected chi connectivity index (χ1v) is 9.45. The summed E-state index contributed by atoms with van der Waals surface area (Å²) in [6.45, 7) is 4.59. The van der Waals surface area contributed by atoms with Gasteiger partial charge in [0.2, 0.25) is 5.91 Å². The van der Waals surface area contributed by atoms with Crippen molar-refractivity contribution >= 4 is 17.8 Å². The maximum Gasteiger partial charge on any atom is 0.308 e. The number of nitrogens with one attached hydrogen (secondary N) is 1. The van der Waals surface area contributed by atoms with E-state index in [0.717, 1.165) is 0 Å². The van der Waals surface area contributed by atoms with Crippen LogP contribution < -0.4 is 20.5 Å². The Bertz CT molecular complexity index is 899. The van der Waals surface area contributed by atoms with Crippen LogP contribution in [0.2, 0.25) is 0 Å². The molecule has 0 fully saturated rings. The topological polar surface area (TPSA) is 117 Å². The van der Waals surface area contributed by atoms with Crippen molar-refractivity contribution < 1.29 is 28.6 Å². The number of carbonyl (C=O) groups is 3. The molecule has 0 aliphatic carbocycles. The summed E-state index contributed by atoms with van der Waals surface area (Å²) in [5, 5.41) is 2.72. The van der Waals surface area contributed by atoms with Gasteiger partial charge in [-0.15, -0.1) is 0 Å². The standard InChI is InChI=1S/C22H26N2O6/c1-14(28-13-18-9-5-7-11-20(18)30-16(3)26)21(23)22(27)24-12-17-8-4-6-10-19(17)29-15(2)25/h4-11,14,21H,12-13,23H2,1-3H3,(H,24,27). The number of para-hydroxylation sites is 2. The van der Waals surface area contributed by atoms with E-state index in [1.54, 1.807) is 55.5 Å². The smallest absolute Gasteiger partial charge is 0.308 e. The first-order valence-electron chi connectivity index (χ1n) is 9.45. The molecule has 0 bridgehead atoms. The zero-order valence-electron chi connectivity index (χ0n) is 17.2. The lowest BCUT2D eigenvalue weighted by atomic mass is 10.1. The van der Waals surface area contributed by atoms with Crippen LogP contribution in [0.3, 0.4) is 0 Å². The van der Waals surface area contributed by atoms with E-state index in [1.807, 2.05) is 0 Å². The number of hydrogen-bond acceptors (Lipinski definition) is 7. The molecule has 0 spiro atoms. The monoisotopic (exact) mass is 414 g/mol. The van der Waals surface area contributed by atoms with Gasteiger partial charge in [-0.3, -0.25) is 14.4 Å². The molecule has 2 atom stereocenters. The van der Waals surface area contributed by atoms with E-state index in [4.69, 9.17) is 19.9 Å². The number of ether oxygens (including phenoxy) is 3. The quantitative estimate of drug-likeness (QED) is 0.477. The molecule has 0 saturated heterocycles. The van der Waals surface area contributed by atoms with Crippen LogP contribution in [0.5, 0.6) is 11.5 Å². The van der Waals surface area contributed by atoms with Gasteiger partial charge in [0.1, 0.15) is 17.5 Å². The van der Waals surface area contributed by atoms with Gasteiger partial charge in [0.25, 0.3) is 0 Å². The van der Waals surface area contributed by atoms with Crippen molar-refractivity contribution in [1.82, 2.24) is 5.32 Å². The number of hydrogen-bond donors (Lipinski definition) is 2. The van der Waals surface area contributed by atoms with E-state index in [0.29, 0.717) is 22.6 Å². The van der Waals surface area contributed by atoms with Crippen molar-refractivity contribution in [2.24, 2.45) is 5.73 Å². The average Bonchev–Trinajstić information content (AvgIpc) is 2.70. The van der Waals surface area contributed by atoms with E-state index in [1.165, 1.54) is 13.8 Å². The molecule has 8 nitrogen and oxygen atoms in total. The van der Waals surface area contributed by atoms with Gasteiger partial charge in [0.05, 0.1) is 12.7 Å². The Hall–Kier alpha value is -3.23. The van der Waals surface area contributed by atoms with Crippen molar-refractivity contribution in [3.63, 3.8) is 0 Å². The normalized spacial score (nSPS) is 12.5. The van der Waals surface area contributed by atoms with Gasteiger partial charge < -0.3 is 25.3 Å². The zero-order valence-corrected chi connectivity index (χ0v) is 17.2. The van der Waals surface area contributed by atoms with Gasteiger partial charge in [-0.25, -0.2) is 0 Å². The molecule has 160 valence electrons. The molecule has 3 N–H and O–H groups in total. The lowest BCUT2D eigenvalue weighted by molar-refractivity contribution is -0.132. The second-order valence-corrected chi connectivity index (χ2v) is 6.66. The van der Waals surface area contributed by atoms with Gasteiger partial charge in [-0.1, -0.05) is 36.4 Å². The lowest BCUT2D eigenvalue weighted by Crippen LogP contribution is -2.47. The maximum absolute atomic E-state index is 12.4. The number of esters is 2. The molecular weight excluding hydrogens is 388 g/mol. The molecule has 2 unspecified atom stereocenters. The molecule has 0 saturated carbocycles. The Morgan fingerprint density at radius 1 is 0.900 bits per heavy atom. The third kappa shape index (κ3) is 6.98. The predicted molar refractivity (Wildman–Crippen MR) is 110 cm³/mol. The summed E-state index contributed by atoms with van der Waals surface area (Å²) in [5.74, 6) is -0.502. The summed E-state index contributed by atoms with van der Waals surface area (Å²) in [7, 11) is 0. The molecule has 1 amide bonds. The predicted octanol–water partition coefficient (Wildman–Crippen LogP) is 2.09. The summed E-state index contributed by atoms with van der Waals surface area (Å²) in [6.07, 6.45) is -0.598. The Morgan fingerprint density at radius 2 is 1.40 bits per heavy atom. The molecule has 2 aromatic carbocycles. The van der Waals surface area contributed by atoms with Gasteiger partial charge in [0, 0.05) is 31.5 Å². The number of rotatable bonds is 9. The highest BCUT2D eigenvalue weighted by molar-refractivity contribution is 5.82. The Morgan fingerprint density at radius 3 is 1.97 bits per heavy atom. The van der Waals surface area contributed by atoms with Crippen LogP contribution in [0.25, 0.3) is 0 Å². The van der Waals surface area contributed by atoms with Crippen molar-refractivity contribution in [3.8, 4) is 11.5 Å². The Kier molecular flexibility index (Phi) is 8.52. The van der Waals surface area contributed by atoms with Crippen LogP contribution in [0.4, 0.5) is 0 Å². The van der Waals surface area contributed by atoms with Gasteiger partial charge in [-0.2, -0.15) is 0 Å². The molecule has 2 rings (SSSR count). The molecule has 2 aromatic rings. The second-order valence-electron chi connectivity index (χ2n) is 6.66. The molecule has 0 aliphatic heterocycles. The van der Waals surface area contributed by atoms with E-state index in [9.17, 15) is 14.4 Å². The summed E-state index contributed by atoms with van der Waals surface area (Å²) >= 11 is 0. The van der Waals surface area contributed by atoms with Crippen molar-refractivity contribution in [1.29, 1.82) is 0 Å². The van der Waals surface area contributed by atoms with Crippen molar-refractivity contribution in [2.75, 3.05) is 0 Å². The third-order valence-corrected chi connectivity index (χ3v) is 4.22. The fourth-order valence-corrected chi connectivity index (χ4v) is 2.62. The van der Waals surface area contributed by atoms with Crippen molar-refractivity contribution in [3.05, 3.63) is 59.7 Å². The molecule has 30 heavy (non-hydrogen) atoms. The third-order valence-electron chi connectivity index (χ3n) is 4.22. The first kappa shape index (κ1) is 23.1. The lowest BCUT2D eigenvalue weighted by Gasteiger charge is -2.21. The molecule has 0 aromatic heterocycles. The zero-order chi connectivity index (χ0) is 22.1. The Balaban J connectivity index is 1.91. The van der Waals surface area contributed by atoms with Crippen LogP contribution in [-0.4, -0.2) is 30.0 Å². The summed E-state index contributed by atoms with van der Waals surface area (Å²) in [4.78, 5) is 34.8. The fraction of sp³-hybridized carbons (Fsp3) is 0.318. The van der Waals surface area contributed by atoms with Crippen LogP contribution in [0.15, 0.2) is 48.5 Å².